The van der Waals surface area contributed by atoms with Gasteiger partial charge in [0, 0.05) is 16.3 Å². The molecule has 0 aliphatic carbocycles. The summed E-state index contributed by atoms with van der Waals surface area (Å²) < 4.78 is 10.6. The molecule has 0 bridgehead atoms. The summed E-state index contributed by atoms with van der Waals surface area (Å²) in [6.07, 6.45) is -0.977. The van der Waals surface area contributed by atoms with Gasteiger partial charge in [0.1, 0.15) is 11.3 Å². The van der Waals surface area contributed by atoms with Gasteiger partial charge in [0.2, 0.25) is 0 Å². The second-order valence-corrected chi connectivity index (χ2v) is 5.67. The lowest BCUT2D eigenvalue weighted by Crippen LogP contribution is -2.22. The molecule has 0 aliphatic heterocycles. The summed E-state index contributed by atoms with van der Waals surface area (Å²) in [5.41, 5.74) is 0.439. The van der Waals surface area contributed by atoms with Crippen LogP contribution in [0.1, 0.15) is 6.92 Å². The van der Waals surface area contributed by atoms with Crippen molar-refractivity contribution in [2.24, 2.45) is 0 Å². The molecule has 112 valence electrons. The summed E-state index contributed by atoms with van der Waals surface area (Å²) in [4.78, 5) is 23.7. The molecule has 0 unspecified atom stereocenters. The molecule has 0 saturated carbocycles. The van der Waals surface area contributed by atoms with Crippen LogP contribution in [0.15, 0.2) is 51.0 Å². The molecular weight excluding hydrogens is 304 g/mol. The molecule has 3 aromatic rings. The Balaban J connectivity index is 2.02. The molecule has 2 aromatic heterocycles. The van der Waals surface area contributed by atoms with Gasteiger partial charge in [0.05, 0.1) is 5.56 Å². The quantitative estimate of drug-likeness (QED) is 0.747. The van der Waals surface area contributed by atoms with E-state index in [4.69, 9.17) is 14.3 Å². The SMILES string of the molecule is C[C@H](Oc1ccc2cc(-c3cccs3)c(=O)oc2c1)C(=O)O. The highest BCUT2D eigenvalue weighted by atomic mass is 32.1. The van der Waals surface area contributed by atoms with Crippen LogP contribution in [-0.2, 0) is 4.79 Å². The van der Waals surface area contributed by atoms with Crippen molar-refractivity contribution in [2.45, 2.75) is 13.0 Å². The highest BCUT2D eigenvalue weighted by Crippen LogP contribution is 2.27. The summed E-state index contributed by atoms with van der Waals surface area (Å²) in [5, 5.41) is 11.5. The van der Waals surface area contributed by atoms with Gasteiger partial charge in [0.15, 0.2) is 6.10 Å². The van der Waals surface area contributed by atoms with E-state index in [1.54, 1.807) is 18.2 Å². The Bertz CT molecular complexity index is 879. The average molecular weight is 316 g/mol. The van der Waals surface area contributed by atoms with E-state index in [1.807, 2.05) is 17.5 Å². The van der Waals surface area contributed by atoms with Crippen LogP contribution in [0.5, 0.6) is 5.75 Å². The maximum absolute atomic E-state index is 12.1. The number of ether oxygens (including phenoxy) is 1. The molecule has 0 saturated heterocycles. The van der Waals surface area contributed by atoms with Gasteiger partial charge < -0.3 is 14.3 Å². The molecule has 3 rings (SSSR count). The van der Waals surface area contributed by atoms with Crippen molar-refractivity contribution in [2.75, 3.05) is 0 Å². The van der Waals surface area contributed by atoms with Crippen LogP contribution in [0.4, 0.5) is 0 Å². The number of rotatable bonds is 4. The van der Waals surface area contributed by atoms with Crippen LogP contribution >= 0.6 is 11.3 Å². The molecule has 6 heteroatoms. The van der Waals surface area contributed by atoms with Gasteiger partial charge >= 0.3 is 11.6 Å². The first kappa shape index (κ1) is 14.3. The van der Waals surface area contributed by atoms with Crippen molar-refractivity contribution < 1.29 is 19.1 Å². The Morgan fingerprint density at radius 1 is 1.32 bits per heavy atom. The number of carbonyl (C=O) groups is 1. The lowest BCUT2D eigenvalue weighted by molar-refractivity contribution is -0.144. The Hall–Kier alpha value is -2.60. The van der Waals surface area contributed by atoms with Crippen LogP contribution < -0.4 is 10.4 Å². The molecule has 1 aromatic carbocycles. The fourth-order valence-electron chi connectivity index (χ4n) is 2.02. The number of thiophene rings is 1. The topological polar surface area (TPSA) is 76.7 Å². The minimum absolute atomic E-state index is 0.342. The molecule has 2 heterocycles. The Labute approximate surface area is 129 Å². The molecule has 0 fully saturated rings. The predicted molar refractivity (Wildman–Crippen MR) is 83.5 cm³/mol. The molecular formula is C16H12O5S. The summed E-state index contributed by atoms with van der Waals surface area (Å²) in [5.74, 6) is -0.719. The fourth-order valence-corrected chi connectivity index (χ4v) is 2.75. The zero-order valence-corrected chi connectivity index (χ0v) is 12.4. The minimum atomic E-state index is -1.06. The van der Waals surface area contributed by atoms with E-state index in [-0.39, 0.29) is 0 Å². The van der Waals surface area contributed by atoms with E-state index < -0.39 is 17.7 Å². The number of hydrogen-bond donors (Lipinski definition) is 1. The molecule has 0 spiro atoms. The van der Waals surface area contributed by atoms with Gasteiger partial charge in [-0.25, -0.2) is 9.59 Å². The van der Waals surface area contributed by atoms with Crippen LogP contribution in [0.3, 0.4) is 0 Å². The normalized spacial score (nSPS) is 12.2. The highest BCUT2D eigenvalue weighted by Gasteiger charge is 2.14. The highest BCUT2D eigenvalue weighted by molar-refractivity contribution is 7.13. The van der Waals surface area contributed by atoms with E-state index in [0.29, 0.717) is 16.9 Å². The Morgan fingerprint density at radius 3 is 2.82 bits per heavy atom. The molecule has 0 radical (unpaired) electrons. The smallest absolute Gasteiger partial charge is 0.345 e. The average Bonchev–Trinajstić information content (AvgIpc) is 3.00. The zero-order valence-electron chi connectivity index (χ0n) is 11.6. The fraction of sp³-hybridized carbons (Fsp3) is 0.125. The predicted octanol–water partition coefficient (Wildman–Crippen LogP) is 3.37. The number of hydrogen-bond acceptors (Lipinski definition) is 5. The second kappa shape index (κ2) is 5.65. The zero-order chi connectivity index (χ0) is 15.7. The maximum Gasteiger partial charge on any atom is 0.345 e. The third kappa shape index (κ3) is 2.73. The first-order valence-electron chi connectivity index (χ1n) is 6.56. The third-order valence-electron chi connectivity index (χ3n) is 3.15. The Kier molecular flexibility index (Phi) is 3.68. The molecule has 0 amide bonds. The van der Waals surface area contributed by atoms with Crippen molar-refractivity contribution in [1.82, 2.24) is 0 Å². The van der Waals surface area contributed by atoms with Crippen molar-refractivity contribution in [3.8, 4) is 16.2 Å². The van der Waals surface area contributed by atoms with Crippen molar-refractivity contribution >= 4 is 28.3 Å². The molecule has 0 aliphatic rings. The molecule has 1 atom stereocenters. The first-order chi connectivity index (χ1) is 10.5. The van der Waals surface area contributed by atoms with Crippen LogP contribution in [-0.4, -0.2) is 17.2 Å². The number of aliphatic carboxylic acids is 1. The summed E-state index contributed by atoms with van der Waals surface area (Å²) >= 11 is 1.46. The summed E-state index contributed by atoms with van der Waals surface area (Å²) in [6.45, 7) is 1.43. The van der Waals surface area contributed by atoms with E-state index in [2.05, 4.69) is 0 Å². The van der Waals surface area contributed by atoms with Gasteiger partial charge in [-0.05, 0) is 36.6 Å². The van der Waals surface area contributed by atoms with Gasteiger partial charge in [-0.1, -0.05) is 6.07 Å². The molecule has 5 nitrogen and oxygen atoms in total. The van der Waals surface area contributed by atoms with E-state index in [0.717, 1.165) is 10.3 Å². The number of fused-ring (bicyclic) bond motifs is 1. The van der Waals surface area contributed by atoms with E-state index >= 15 is 0 Å². The number of carboxylic acids is 1. The lowest BCUT2D eigenvalue weighted by atomic mass is 10.1. The van der Waals surface area contributed by atoms with Gasteiger partial charge in [0.25, 0.3) is 0 Å². The standard InChI is InChI=1S/C16H12O5S/c1-9(15(17)18)20-11-5-4-10-7-12(14-3-2-6-22-14)16(19)21-13(10)8-11/h2-9H,1H3,(H,17,18)/t9-/m0/s1. The van der Waals surface area contributed by atoms with E-state index in [1.165, 1.54) is 24.3 Å². The first-order valence-corrected chi connectivity index (χ1v) is 7.44. The minimum Gasteiger partial charge on any atom is -0.479 e. The lowest BCUT2D eigenvalue weighted by Gasteiger charge is -2.10. The van der Waals surface area contributed by atoms with Gasteiger partial charge in [-0.3, -0.25) is 0 Å². The number of benzene rings is 1. The van der Waals surface area contributed by atoms with Crippen LogP contribution in [0.2, 0.25) is 0 Å². The summed E-state index contributed by atoms with van der Waals surface area (Å²) in [6, 6.07) is 10.4. The van der Waals surface area contributed by atoms with Gasteiger partial charge in [-0.2, -0.15) is 0 Å². The molecule has 22 heavy (non-hydrogen) atoms. The van der Waals surface area contributed by atoms with Crippen molar-refractivity contribution in [3.63, 3.8) is 0 Å². The maximum atomic E-state index is 12.1. The van der Waals surface area contributed by atoms with E-state index in [9.17, 15) is 9.59 Å². The largest absolute Gasteiger partial charge is 0.479 e. The van der Waals surface area contributed by atoms with Crippen molar-refractivity contribution in [1.29, 1.82) is 0 Å². The van der Waals surface area contributed by atoms with Gasteiger partial charge in [-0.15, -0.1) is 11.3 Å². The molecule has 1 N–H and O–H groups in total. The monoisotopic (exact) mass is 316 g/mol. The van der Waals surface area contributed by atoms with Crippen LogP contribution in [0.25, 0.3) is 21.4 Å². The Morgan fingerprint density at radius 2 is 2.14 bits per heavy atom. The number of carboxylic acid groups (broad SMARTS) is 1. The second-order valence-electron chi connectivity index (χ2n) is 4.72. The third-order valence-corrected chi connectivity index (χ3v) is 4.06. The van der Waals surface area contributed by atoms with Crippen molar-refractivity contribution in [3.05, 3.63) is 52.2 Å². The summed E-state index contributed by atoms with van der Waals surface area (Å²) in [7, 11) is 0. The van der Waals surface area contributed by atoms with Crippen LogP contribution in [0, 0.1) is 0 Å².